The lowest BCUT2D eigenvalue weighted by molar-refractivity contribution is 0.549. The highest BCUT2D eigenvalue weighted by molar-refractivity contribution is 5.29. The highest BCUT2D eigenvalue weighted by Crippen LogP contribution is 2.18. The van der Waals surface area contributed by atoms with Crippen LogP contribution in [-0.4, -0.2) is 0 Å². The number of unbranched alkanes of at least 4 members (excludes halogenated alkanes) is 14. The van der Waals surface area contributed by atoms with Crippen molar-refractivity contribution >= 4 is 0 Å². The van der Waals surface area contributed by atoms with Crippen molar-refractivity contribution in [3.8, 4) is 0 Å². The second kappa shape index (κ2) is 19.2. The summed E-state index contributed by atoms with van der Waals surface area (Å²) in [5.41, 5.74) is 4.51. The minimum Gasteiger partial charge on any atom is -0.0654 e. The van der Waals surface area contributed by atoms with Gasteiger partial charge in [-0.15, -0.1) is 0 Å². The Kier molecular flexibility index (Phi) is 17.4. The lowest BCUT2D eigenvalue weighted by Crippen LogP contribution is -1.96. The van der Waals surface area contributed by atoms with E-state index >= 15 is 0 Å². The highest BCUT2D eigenvalue weighted by atomic mass is 14.1. The van der Waals surface area contributed by atoms with E-state index in [1.807, 2.05) is 0 Å². The molecule has 0 unspecified atom stereocenters. The van der Waals surface area contributed by atoms with Gasteiger partial charge in [-0.3, -0.25) is 0 Å². The van der Waals surface area contributed by atoms with Crippen LogP contribution in [0.15, 0.2) is 12.1 Å². The molecule has 0 saturated heterocycles. The predicted molar refractivity (Wildman–Crippen MR) is 132 cm³/mol. The summed E-state index contributed by atoms with van der Waals surface area (Å²) in [6, 6.07) is 8.65. The van der Waals surface area contributed by atoms with E-state index < -0.39 is 0 Å². The molecule has 0 saturated carbocycles. The van der Waals surface area contributed by atoms with Crippen LogP contribution in [0.4, 0.5) is 0 Å². The van der Waals surface area contributed by atoms with Gasteiger partial charge in [0, 0.05) is 0 Å². The predicted octanol–water partition coefficient (Wildman–Crippen LogP) is 9.81. The van der Waals surface area contributed by atoms with Crippen LogP contribution in [0.25, 0.3) is 0 Å². The molecule has 0 amide bonds. The summed E-state index contributed by atoms with van der Waals surface area (Å²) < 4.78 is 0. The average molecular weight is 400 g/mol. The maximum atomic E-state index is 3.77. The standard InChI is InChI=1S/C29H51/c1-4-7-9-11-12-13-14-15-16-18-20-23-29-25-27(21-6-3)24-28(26-29)22-19-17-10-8-5-2/h24-25H,4-23H2,1-3H3. The number of aryl methyl sites for hydroxylation is 3. The van der Waals surface area contributed by atoms with Crippen LogP contribution >= 0.6 is 0 Å². The molecule has 0 bridgehead atoms. The summed E-state index contributed by atoms with van der Waals surface area (Å²) in [4.78, 5) is 0. The van der Waals surface area contributed by atoms with Gasteiger partial charge in [0.2, 0.25) is 0 Å². The molecule has 0 aliphatic carbocycles. The van der Waals surface area contributed by atoms with Crippen LogP contribution in [0, 0.1) is 6.07 Å². The van der Waals surface area contributed by atoms with Crippen LogP contribution in [0.3, 0.4) is 0 Å². The molecule has 0 heterocycles. The van der Waals surface area contributed by atoms with Gasteiger partial charge in [0.15, 0.2) is 0 Å². The topological polar surface area (TPSA) is 0 Å². The molecule has 0 aliphatic rings. The Morgan fingerprint density at radius 2 is 0.828 bits per heavy atom. The van der Waals surface area contributed by atoms with Crippen molar-refractivity contribution in [1.82, 2.24) is 0 Å². The molecule has 0 nitrogen and oxygen atoms in total. The molecule has 0 atom stereocenters. The van der Waals surface area contributed by atoms with Crippen molar-refractivity contribution in [1.29, 1.82) is 0 Å². The molecule has 29 heavy (non-hydrogen) atoms. The molecular formula is C29H51. The van der Waals surface area contributed by atoms with Gasteiger partial charge >= 0.3 is 0 Å². The Balaban J connectivity index is 2.22. The average Bonchev–Trinajstić information content (AvgIpc) is 2.72. The van der Waals surface area contributed by atoms with Crippen molar-refractivity contribution < 1.29 is 0 Å². The Labute approximate surface area is 184 Å². The summed E-state index contributed by atoms with van der Waals surface area (Å²) in [6.45, 7) is 6.89. The molecule has 1 aromatic rings. The monoisotopic (exact) mass is 399 g/mol. The second-order valence-corrected chi connectivity index (χ2v) is 9.24. The van der Waals surface area contributed by atoms with Crippen LogP contribution < -0.4 is 0 Å². The highest BCUT2D eigenvalue weighted by Gasteiger charge is 2.03. The molecule has 0 aromatic heterocycles. The largest absolute Gasteiger partial charge is 0.0654 e. The molecule has 0 spiro atoms. The maximum absolute atomic E-state index is 3.77. The lowest BCUT2D eigenvalue weighted by atomic mass is 9.96. The Morgan fingerprint density at radius 1 is 0.448 bits per heavy atom. The van der Waals surface area contributed by atoms with Crippen molar-refractivity contribution in [3.63, 3.8) is 0 Å². The number of rotatable bonds is 20. The minimum atomic E-state index is 1.22. The van der Waals surface area contributed by atoms with Gasteiger partial charge < -0.3 is 0 Å². The molecule has 0 aliphatic heterocycles. The fourth-order valence-corrected chi connectivity index (χ4v) is 4.37. The summed E-state index contributed by atoms with van der Waals surface area (Å²) >= 11 is 0. The van der Waals surface area contributed by atoms with Gasteiger partial charge in [0.1, 0.15) is 0 Å². The maximum Gasteiger partial charge on any atom is -0.0114 e. The van der Waals surface area contributed by atoms with Crippen LogP contribution in [0.5, 0.6) is 0 Å². The van der Waals surface area contributed by atoms with E-state index in [-0.39, 0.29) is 0 Å². The van der Waals surface area contributed by atoms with E-state index in [2.05, 4.69) is 39.0 Å². The van der Waals surface area contributed by atoms with Crippen LogP contribution in [0.1, 0.15) is 147 Å². The fourth-order valence-electron chi connectivity index (χ4n) is 4.37. The molecule has 1 radical (unpaired) electrons. The Hall–Kier alpha value is -0.780. The molecule has 167 valence electrons. The first-order valence-corrected chi connectivity index (χ1v) is 13.3. The molecule has 0 N–H and O–H groups in total. The zero-order chi connectivity index (χ0) is 21.0. The lowest BCUT2D eigenvalue weighted by Gasteiger charge is -2.10. The van der Waals surface area contributed by atoms with E-state index in [0.717, 1.165) is 0 Å². The van der Waals surface area contributed by atoms with Crippen LogP contribution in [-0.2, 0) is 19.3 Å². The molecule has 0 heteroatoms. The number of hydrogen-bond acceptors (Lipinski definition) is 0. The first kappa shape index (κ1) is 26.3. The minimum absolute atomic E-state index is 1.22. The van der Waals surface area contributed by atoms with E-state index in [0.29, 0.717) is 0 Å². The first-order chi connectivity index (χ1) is 14.3. The number of hydrogen-bond donors (Lipinski definition) is 0. The first-order valence-electron chi connectivity index (χ1n) is 13.3. The third-order valence-electron chi connectivity index (χ3n) is 6.18. The van der Waals surface area contributed by atoms with E-state index in [9.17, 15) is 0 Å². The van der Waals surface area contributed by atoms with Crippen molar-refractivity contribution in [2.45, 2.75) is 149 Å². The zero-order valence-corrected chi connectivity index (χ0v) is 20.3. The Morgan fingerprint density at radius 3 is 1.21 bits per heavy atom. The van der Waals surface area contributed by atoms with Crippen molar-refractivity contribution in [2.24, 2.45) is 0 Å². The van der Waals surface area contributed by atoms with Gasteiger partial charge in [-0.1, -0.05) is 129 Å². The summed E-state index contributed by atoms with van der Waals surface area (Å²) in [6.07, 6.45) is 27.4. The Bertz CT molecular complexity index is 473. The third-order valence-corrected chi connectivity index (χ3v) is 6.18. The number of benzene rings is 1. The quantitative estimate of drug-likeness (QED) is 0.191. The van der Waals surface area contributed by atoms with Crippen molar-refractivity contribution in [3.05, 3.63) is 34.9 Å². The summed E-state index contributed by atoms with van der Waals surface area (Å²) in [5.74, 6) is 0. The SMILES string of the molecule is CCCCCCCCCCCCCc1[c]c(CCCCCCC)cc(CCC)c1. The third kappa shape index (κ3) is 14.8. The van der Waals surface area contributed by atoms with Gasteiger partial charge in [0.05, 0.1) is 0 Å². The van der Waals surface area contributed by atoms with Crippen molar-refractivity contribution in [2.75, 3.05) is 0 Å². The van der Waals surface area contributed by atoms with Crippen LogP contribution in [0.2, 0.25) is 0 Å². The van der Waals surface area contributed by atoms with E-state index in [1.165, 1.54) is 140 Å². The van der Waals surface area contributed by atoms with Gasteiger partial charge in [-0.2, -0.15) is 0 Å². The zero-order valence-electron chi connectivity index (χ0n) is 20.3. The smallest absolute Gasteiger partial charge is 0.0114 e. The normalized spacial score (nSPS) is 11.3. The van der Waals surface area contributed by atoms with Gasteiger partial charge in [0.25, 0.3) is 0 Å². The van der Waals surface area contributed by atoms with Gasteiger partial charge in [-0.05, 0) is 54.9 Å². The molecule has 1 rings (SSSR count). The van der Waals surface area contributed by atoms with Gasteiger partial charge in [-0.25, -0.2) is 0 Å². The summed E-state index contributed by atoms with van der Waals surface area (Å²) in [7, 11) is 0. The fraction of sp³-hybridized carbons (Fsp3) is 0.793. The van der Waals surface area contributed by atoms with E-state index in [1.54, 1.807) is 5.56 Å². The summed E-state index contributed by atoms with van der Waals surface area (Å²) in [5, 5.41) is 0. The second-order valence-electron chi connectivity index (χ2n) is 9.24. The molecule has 0 fully saturated rings. The molecular weight excluding hydrogens is 348 g/mol. The van der Waals surface area contributed by atoms with E-state index in [4.69, 9.17) is 0 Å². The molecule has 1 aromatic carbocycles.